The second kappa shape index (κ2) is 7.05. The number of rotatable bonds is 2. The average Bonchev–Trinajstić information content (AvgIpc) is 2.49. The van der Waals surface area contributed by atoms with Crippen LogP contribution in [0, 0.1) is 0 Å². The standard InChI is InChI=1S/C18H15ClN.HI/c1-20-17(12-8-14-6-10-16(19)11-7-14)13-9-15-4-2-3-5-18(15)20;/h2-13H,1H3;1H/q+1;/p-1/b12-8-;. The van der Waals surface area contributed by atoms with Crippen LogP contribution in [0.15, 0.2) is 60.7 Å². The van der Waals surface area contributed by atoms with Gasteiger partial charge in [0.1, 0.15) is 7.05 Å². The third-order valence-electron chi connectivity index (χ3n) is 3.44. The van der Waals surface area contributed by atoms with Crippen LogP contribution in [-0.4, -0.2) is 0 Å². The highest BCUT2D eigenvalue weighted by Gasteiger charge is 2.07. The highest BCUT2D eigenvalue weighted by Crippen LogP contribution is 2.14. The van der Waals surface area contributed by atoms with Crippen LogP contribution in [0.25, 0.3) is 23.1 Å². The van der Waals surface area contributed by atoms with Gasteiger partial charge in [-0.2, -0.15) is 4.57 Å². The first-order valence-electron chi connectivity index (χ1n) is 6.55. The molecule has 0 aliphatic carbocycles. The Balaban J connectivity index is 0.00000161. The van der Waals surface area contributed by atoms with E-state index in [1.54, 1.807) is 0 Å². The fourth-order valence-electron chi connectivity index (χ4n) is 2.28. The quantitative estimate of drug-likeness (QED) is 0.448. The van der Waals surface area contributed by atoms with E-state index in [4.69, 9.17) is 11.6 Å². The van der Waals surface area contributed by atoms with Crippen molar-refractivity contribution in [2.45, 2.75) is 0 Å². The van der Waals surface area contributed by atoms with Gasteiger partial charge in [-0.15, -0.1) is 0 Å². The lowest BCUT2D eigenvalue weighted by Crippen LogP contribution is -3.00. The van der Waals surface area contributed by atoms with Crippen molar-refractivity contribution in [1.29, 1.82) is 0 Å². The number of fused-ring (bicyclic) bond motifs is 1. The maximum atomic E-state index is 5.89. The van der Waals surface area contributed by atoms with E-state index in [0.717, 1.165) is 10.6 Å². The van der Waals surface area contributed by atoms with Crippen molar-refractivity contribution >= 4 is 34.7 Å². The van der Waals surface area contributed by atoms with Gasteiger partial charge in [0, 0.05) is 28.6 Å². The molecule has 1 aromatic heterocycles. The highest BCUT2D eigenvalue weighted by molar-refractivity contribution is 6.30. The molecule has 0 aliphatic heterocycles. The Bertz CT molecular complexity index is 779. The van der Waals surface area contributed by atoms with Crippen molar-refractivity contribution in [2.24, 2.45) is 7.05 Å². The lowest BCUT2D eigenvalue weighted by molar-refractivity contribution is -0.646. The largest absolute Gasteiger partial charge is 1.00 e. The molecular formula is C18H15ClIN. The molecule has 1 heterocycles. The predicted molar refractivity (Wildman–Crippen MR) is 85.5 cm³/mol. The van der Waals surface area contributed by atoms with Crippen LogP contribution in [0.4, 0.5) is 0 Å². The normalized spacial score (nSPS) is 10.8. The van der Waals surface area contributed by atoms with E-state index in [1.165, 1.54) is 16.6 Å². The fraction of sp³-hybridized carbons (Fsp3) is 0.0556. The summed E-state index contributed by atoms with van der Waals surface area (Å²) in [6, 6.07) is 20.5. The number of nitrogens with zero attached hydrogens (tertiary/aromatic N) is 1. The Hall–Kier alpha value is -1.39. The van der Waals surface area contributed by atoms with Crippen LogP contribution in [0.2, 0.25) is 5.02 Å². The number of pyridine rings is 1. The maximum Gasteiger partial charge on any atom is 0.212 e. The summed E-state index contributed by atoms with van der Waals surface area (Å²) in [7, 11) is 2.09. The minimum Gasteiger partial charge on any atom is -1.00 e. The third kappa shape index (κ3) is 3.63. The van der Waals surface area contributed by atoms with Gasteiger partial charge in [0.05, 0.1) is 0 Å². The Morgan fingerprint density at radius 3 is 2.33 bits per heavy atom. The molecule has 0 saturated carbocycles. The summed E-state index contributed by atoms with van der Waals surface area (Å²) >= 11 is 5.89. The summed E-state index contributed by atoms with van der Waals surface area (Å²) in [5, 5.41) is 2.01. The average molecular weight is 408 g/mol. The van der Waals surface area contributed by atoms with Crippen LogP contribution >= 0.6 is 11.6 Å². The van der Waals surface area contributed by atoms with Crippen molar-refractivity contribution in [3.63, 3.8) is 0 Å². The first-order valence-corrected chi connectivity index (χ1v) is 6.93. The maximum absolute atomic E-state index is 5.89. The molecule has 0 amide bonds. The number of hydrogen-bond donors (Lipinski definition) is 0. The lowest BCUT2D eigenvalue weighted by atomic mass is 10.1. The monoisotopic (exact) mass is 407 g/mol. The molecule has 3 heteroatoms. The highest BCUT2D eigenvalue weighted by atomic mass is 127. The van der Waals surface area contributed by atoms with Gasteiger partial charge in [0.2, 0.25) is 11.2 Å². The van der Waals surface area contributed by atoms with Crippen molar-refractivity contribution < 1.29 is 28.5 Å². The zero-order chi connectivity index (χ0) is 13.9. The minimum atomic E-state index is 0. The predicted octanol–water partition coefficient (Wildman–Crippen LogP) is 1.49. The molecule has 1 nitrogen and oxygen atoms in total. The van der Waals surface area contributed by atoms with Crippen molar-refractivity contribution in [1.82, 2.24) is 0 Å². The summed E-state index contributed by atoms with van der Waals surface area (Å²) in [6.45, 7) is 0. The van der Waals surface area contributed by atoms with Gasteiger partial charge in [0.15, 0.2) is 0 Å². The zero-order valence-electron chi connectivity index (χ0n) is 11.6. The van der Waals surface area contributed by atoms with E-state index in [-0.39, 0.29) is 24.0 Å². The van der Waals surface area contributed by atoms with Gasteiger partial charge >= 0.3 is 0 Å². The van der Waals surface area contributed by atoms with E-state index in [1.807, 2.05) is 24.3 Å². The van der Waals surface area contributed by atoms with E-state index < -0.39 is 0 Å². The van der Waals surface area contributed by atoms with Gasteiger partial charge in [-0.3, -0.25) is 0 Å². The summed E-state index contributed by atoms with van der Waals surface area (Å²) in [5.41, 5.74) is 3.53. The van der Waals surface area contributed by atoms with Gasteiger partial charge in [-0.05, 0) is 35.9 Å². The van der Waals surface area contributed by atoms with Gasteiger partial charge in [-0.25, -0.2) is 0 Å². The molecule has 0 unspecified atom stereocenters. The summed E-state index contributed by atoms with van der Waals surface area (Å²) in [5.74, 6) is 0. The zero-order valence-corrected chi connectivity index (χ0v) is 14.5. The number of benzene rings is 2. The van der Waals surface area contributed by atoms with Crippen LogP contribution in [0.1, 0.15) is 11.3 Å². The Kier molecular flexibility index (Phi) is 5.37. The summed E-state index contributed by atoms with van der Waals surface area (Å²) in [4.78, 5) is 0. The first kappa shape index (κ1) is 16.0. The van der Waals surface area contributed by atoms with Gasteiger partial charge < -0.3 is 24.0 Å². The SMILES string of the molecule is C[n+]1c(/C=C\c2ccc(Cl)cc2)ccc2ccccc21.[I-]. The molecule has 3 rings (SSSR count). The number of hydrogen-bond acceptors (Lipinski definition) is 0. The van der Waals surface area contributed by atoms with Crippen LogP contribution in [0.3, 0.4) is 0 Å². The van der Waals surface area contributed by atoms with Crippen molar-refractivity contribution in [2.75, 3.05) is 0 Å². The third-order valence-corrected chi connectivity index (χ3v) is 3.69. The molecular weight excluding hydrogens is 393 g/mol. The fourth-order valence-corrected chi connectivity index (χ4v) is 2.41. The Morgan fingerprint density at radius 1 is 0.857 bits per heavy atom. The van der Waals surface area contributed by atoms with Crippen molar-refractivity contribution in [3.8, 4) is 0 Å². The molecule has 21 heavy (non-hydrogen) atoms. The molecule has 0 aliphatic rings. The molecule has 106 valence electrons. The molecule has 0 radical (unpaired) electrons. The second-order valence-electron chi connectivity index (χ2n) is 4.76. The number of halogens is 2. The van der Waals surface area contributed by atoms with Gasteiger partial charge in [0.25, 0.3) is 0 Å². The topological polar surface area (TPSA) is 3.88 Å². The molecule has 0 bridgehead atoms. The molecule has 0 N–H and O–H groups in total. The van der Waals surface area contributed by atoms with E-state index >= 15 is 0 Å². The lowest BCUT2D eigenvalue weighted by Gasteiger charge is -1.99. The number of para-hydroxylation sites is 1. The Labute approximate surface area is 146 Å². The number of aryl methyl sites for hydroxylation is 1. The molecule has 3 aromatic rings. The van der Waals surface area contributed by atoms with E-state index in [2.05, 4.69) is 60.2 Å². The minimum absolute atomic E-state index is 0. The van der Waals surface area contributed by atoms with Crippen LogP contribution in [-0.2, 0) is 7.05 Å². The summed E-state index contributed by atoms with van der Waals surface area (Å²) < 4.78 is 2.20. The van der Waals surface area contributed by atoms with Crippen LogP contribution < -0.4 is 28.5 Å². The second-order valence-corrected chi connectivity index (χ2v) is 5.20. The van der Waals surface area contributed by atoms with Gasteiger partial charge in [-0.1, -0.05) is 35.9 Å². The van der Waals surface area contributed by atoms with Crippen LogP contribution in [0.5, 0.6) is 0 Å². The summed E-state index contributed by atoms with van der Waals surface area (Å²) in [6.07, 6.45) is 4.22. The smallest absolute Gasteiger partial charge is 0.212 e. The first-order chi connectivity index (χ1) is 9.74. The molecule has 0 saturated heterocycles. The molecule has 0 fully saturated rings. The van der Waals surface area contributed by atoms with E-state index in [9.17, 15) is 0 Å². The molecule has 2 aromatic carbocycles. The Morgan fingerprint density at radius 2 is 1.57 bits per heavy atom. The molecule has 0 atom stereocenters. The van der Waals surface area contributed by atoms with E-state index in [0.29, 0.717) is 0 Å². The van der Waals surface area contributed by atoms with Crippen molar-refractivity contribution in [3.05, 3.63) is 76.9 Å². The number of aromatic nitrogens is 1. The molecule has 0 spiro atoms.